The van der Waals surface area contributed by atoms with E-state index in [1.165, 1.54) is 14.2 Å². The molecule has 1 aromatic carbocycles. The lowest BCUT2D eigenvalue weighted by Crippen LogP contribution is -2.10. The lowest BCUT2D eigenvalue weighted by atomic mass is 10.1. The number of fused-ring (bicyclic) bond motifs is 1. The maximum atomic E-state index is 11.9. The molecule has 1 aromatic heterocycles. The molecule has 0 amide bonds. The number of carbonyl (C=O) groups excluding carboxylic acids is 2. The molecule has 0 aliphatic carbocycles. The van der Waals surface area contributed by atoms with Gasteiger partial charge in [0.1, 0.15) is 0 Å². The van der Waals surface area contributed by atoms with Crippen LogP contribution in [0.5, 0.6) is 0 Å². The Balaban J connectivity index is 2.49. The van der Waals surface area contributed by atoms with Gasteiger partial charge >= 0.3 is 11.9 Å². The number of carbonyl (C=O) groups is 2. The van der Waals surface area contributed by atoms with Gasteiger partial charge < -0.3 is 14.0 Å². The highest BCUT2D eigenvalue weighted by atomic mass is 16.5. The second kappa shape index (κ2) is 5.77. The quantitative estimate of drug-likeness (QED) is 0.803. The van der Waals surface area contributed by atoms with Crippen molar-refractivity contribution in [2.75, 3.05) is 14.2 Å². The standard InChI is InChI=1S/C15H17NO4/c1-10-9-11-5-4-6-12(15(18)20-3)14(11)16(10)8-7-13(17)19-2/h4-6,9H,7-8H2,1-3H3. The Morgan fingerprint density at radius 2 is 1.95 bits per heavy atom. The molecule has 0 radical (unpaired) electrons. The number of aryl methyl sites for hydroxylation is 2. The normalized spacial score (nSPS) is 10.6. The van der Waals surface area contributed by atoms with Crippen molar-refractivity contribution >= 4 is 22.8 Å². The van der Waals surface area contributed by atoms with Gasteiger partial charge in [0.15, 0.2) is 0 Å². The van der Waals surface area contributed by atoms with Gasteiger partial charge in [0.25, 0.3) is 0 Å². The molecular formula is C15H17NO4. The van der Waals surface area contributed by atoms with E-state index in [1.807, 2.05) is 29.7 Å². The molecule has 0 bridgehead atoms. The van der Waals surface area contributed by atoms with Crippen LogP contribution in [0.1, 0.15) is 22.5 Å². The van der Waals surface area contributed by atoms with Gasteiger partial charge in [-0.05, 0) is 19.1 Å². The van der Waals surface area contributed by atoms with E-state index in [-0.39, 0.29) is 18.4 Å². The number of ether oxygens (including phenoxy) is 2. The molecule has 0 saturated carbocycles. The van der Waals surface area contributed by atoms with E-state index < -0.39 is 0 Å². The number of esters is 2. The second-order valence-corrected chi connectivity index (χ2v) is 4.50. The van der Waals surface area contributed by atoms with Gasteiger partial charge in [-0.2, -0.15) is 0 Å². The van der Waals surface area contributed by atoms with E-state index in [2.05, 4.69) is 4.74 Å². The number of aromatic nitrogens is 1. The van der Waals surface area contributed by atoms with Crippen molar-refractivity contribution < 1.29 is 19.1 Å². The molecule has 2 aromatic rings. The minimum Gasteiger partial charge on any atom is -0.469 e. The molecule has 2 rings (SSSR count). The summed E-state index contributed by atoms with van der Waals surface area (Å²) in [7, 11) is 2.72. The summed E-state index contributed by atoms with van der Waals surface area (Å²) in [5.41, 5.74) is 2.28. The summed E-state index contributed by atoms with van der Waals surface area (Å²) in [6.07, 6.45) is 0.261. The summed E-state index contributed by atoms with van der Waals surface area (Å²) in [5.74, 6) is -0.658. The first-order chi connectivity index (χ1) is 9.58. The Morgan fingerprint density at radius 3 is 2.60 bits per heavy atom. The first-order valence-electron chi connectivity index (χ1n) is 6.32. The van der Waals surface area contributed by atoms with Crippen molar-refractivity contribution in [3.8, 4) is 0 Å². The first kappa shape index (κ1) is 14.1. The number of methoxy groups -OCH3 is 2. The Labute approximate surface area is 117 Å². The molecule has 1 heterocycles. The molecule has 0 fully saturated rings. The van der Waals surface area contributed by atoms with Crippen LogP contribution in [0.3, 0.4) is 0 Å². The average molecular weight is 275 g/mol. The highest BCUT2D eigenvalue weighted by Gasteiger charge is 2.16. The third-order valence-electron chi connectivity index (χ3n) is 3.30. The van der Waals surface area contributed by atoms with Crippen LogP contribution >= 0.6 is 0 Å². The molecule has 5 heteroatoms. The Hall–Kier alpha value is -2.30. The zero-order valence-electron chi connectivity index (χ0n) is 11.8. The number of para-hydroxylation sites is 1. The maximum Gasteiger partial charge on any atom is 0.340 e. The smallest absolute Gasteiger partial charge is 0.340 e. The number of hydrogen-bond acceptors (Lipinski definition) is 4. The monoisotopic (exact) mass is 275 g/mol. The van der Waals surface area contributed by atoms with Crippen LogP contribution in [0.2, 0.25) is 0 Å². The van der Waals surface area contributed by atoms with E-state index in [9.17, 15) is 9.59 Å². The predicted octanol–water partition coefficient (Wildman–Crippen LogP) is 2.30. The zero-order valence-corrected chi connectivity index (χ0v) is 11.8. The zero-order chi connectivity index (χ0) is 14.7. The SMILES string of the molecule is COC(=O)CCn1c(C)cc2cccc(C(=O)OC)c21. The van der Waals surface area contributed by atoms with Gasteiger partial charge in [-0.25, -0.2) is 4.79 Å². The molecule has 0 atom stereocenters. The fourth-order valence-electron chi connectivity index (χ4n) is 2.33. The Kier molecular flexibility index (Phi) is 4.08. The molecule has 5 nitrogen and oxygen atoms in total. The highest BCUT2D eigenvalue weighted by molar-refractivity contribution is 6.03. The van der Waals surface area contributed by atoms with Crippen molar-refractivity contribution in [2.24, 2.45) is 0 Å². The summed E-state index contributed by atoms with van der Waals surface area (Å²) in [4.78, 5) is 23.2. The molecule has 0 N–H and O–H groups in total. The molecule has 106 valence electrons. The van der Waals surface area contributed by atoms with Gasteiger partial charge in [0.05, 0.1) is 31.7 Å². The minimum atomic E-state index is -0.381. The van der Waals surface area contributed by atoms with E-state index in [0.717, 1.165) is 16.6 Å². The van der Waals surface area contributed by atoms with Crippen LogP contribution in [-0.2, 0) is 20.8 Å². The summed E-state index contributed by atoms with van der Waals surface area (Å²) < 4.78 is 11.4. The lowest BCUT2D eigenvalue weighted by molar-refractivity contribution is -0.140. The topological polar surface area (TPSA) is 57.5 Å². The number of nitrogens with zero attached hydrogens (tertiary/aromatic N) is 1. The van der Waals surface area contributed by atoms with Gasteiger partial charge in [-0.15, -0.1) is 0 Å². The lowest BCUT2D eigenvalue weighted by Gasteiger charge is -2.10. The van der Waals surface area contributed by atoms with Gasteiger partial charge in [0, 0.05) is 17.6 Å². The van der Waals surface area contributed by atoms with Crippen LogP contribution in [-0.4, -0.2) is 30.7 Å². The Morgan fingerprint density at radius 1 is 1.20 bits per heavy atom. The number of rotatable bonds is 4. The summed E-state index contributed by atoms with van der Waals surface area (Å²) in [6, 6.07) is 7.46. The van der Waals surface area contributed by atoms with Crippen LogP contribution in [0, 0.1) is 6.92 Å². The maximum absolute atomic E-state index is 11.9. The predicted molar refractivity (Wildman–Crippen MR) is 74.6 cm³/mol. The van der Waals surface area contributed by atoms with Crippen molar-refractivity contribution in [3.63, 3.8) is 0 Å². The largest absolute Gasteiger partial charge is 0.469 e. The van der Waals surface area contributed by atoms with Crippen molar-refractivity contribution in [2.45, 2.75) is 19.9 Å². The van der Waals surface area contributed by atoms with E-state index in [0.29, 0.717) is 12.1 Å². The molecule has 0 unspecified atom stereocenters. The molecule has 0 aliphatic rings. The van der Waals surface area contributed by atoms with E-state index in [4.69, 9.17) is 4.74 Å². The summed E-state index contributed by atoms with van der Waals surface area (Å²) in [6.45, 7) is 2.41. The molecule has 20 heavy (non-hydrogen) atoms. The third kappa shape index (κ3) is 2.52. The molecule has 0 saturated heterocycles. The summed E-state index contributed by atoms with van der Waals surface area (Å²) >= 11 is 0. The number of benzene rings is 1. The van der Waals surface area contributed by atoms with Gasteiger partial charge in [-0.1, -0.05) is 12.1 Å². The van der Waals surface area contributed by atoms with Gasteiger partial charge in [0.2, 0.25) is 0 Å². The second-order valence-electron chi connectivity index (χ2n) is 4.50. The van der Waals surface area contributed by atoms with Gasteiger partial charge in [-0.3, -0.25) is 4.79 Å². The fourth-order valence-corrected chi connectivity index (χ4v) is 2.33. The van der Waals surface area contributed by atoms with Crippen molar-refractivity contribution in [3.05, 3.63) is 35.5 Å². The molecular weight excluding hydrogens is 258 g/mol. The Bertz CT molecular complexity index is 657. The van der Waals surface area contributed by atoms with Crippen LogP contribution in [0.25, 0.3) is 10.9 Å². The first-order valence-corrected chi connectivity index (χ1v) is 6.32. The van der Waals surface area contributed by atoms with E-state index >= 15 is 0 Å². The summed E-state index contributed by atoms with van der Waals surface area (Å²) in [5, 5.41) is 0.954. The van der Waals surface area contributed by atoms with E-state index in [1.54, 1.807) is 6.07 Å². The average Bonchev–Trinajstić information content (AvgIpc) is 2.79. The molecule has 0 aliphatic heterocycles. The molecule has 0 spiro atoms. The van der Waals surface area contributed by atoms with Crippen molar-refractivity contribution in [1.29, 1.82) is 0 Å². The van der Waals surface area contributed by atoms with Crippen LogP contribution < -0.4 is 0 Å². The minimum absolute atomic E-state index is 0.261. The van der Waals surface area contributed by atoms with Crippen molar-refractivity contribution in [1.82, 2.24) is 4.57 Å². The van der Waals surface area contributed by atoms with Crippen LogP contribution in [0.15, 0.2) is 24.3 Å². The van der Waals surface area contributed by atoms with Crippen LogP contribution in [0.4, 0.5) is 0 Å². The highest BCUT2D eigenvalue weighted by Crippen LogP contribution is 2.24. The third-order valence-corrected chi connectivity index (χ3v) is 3.30. The number of hydrogen-bond donors (Lipinski definition) is 0. The fraction of sp³-hybridized carbons (Fsp3) is 0.333.